The van der Waals surface area contributed by atoms with Gasteiger partial charge in [0.25, 0.3) is 0 Å². The van der Waals surface area contributed by atoms with Crippen LogP contribution in [0, 0.1) is 5.92 Å². The molecule has 1 aromatic heterocycles. The molecule has 3 aliphatic rings. The molecule has 3 heterocycles. The third-order valence-corrected chi connectivity index (χ3v) is 7.80. The number of nitrogens with one attached hydrogen (secondary N) is 1. The summed E-state index contributed by atoms with van der Waals surface area (Å²) in [6.45, 7) is 8.30. The molecule has 36 heavy (non-hydrogen) atoms. The van der Waals surface area contributed by atoms with Crippen LogP contribution in [0.25, 0.3) is 5.57 Å². The summed E-state index contributed by atoms with van der Waals surface area (Å²) in [5.74, 6) is 0.958. The Balaban J connectivity index is 1.25. The first-order valence-corrected chi connectivity index (χ1v) is 13.4. The van der Waals surface area contributed by atoms with E-state index in [0.29, 0.717) is 12.6 Å². The van der Waals surface area contributed by atoms with Crippen LogP contribution in [0.4, 0.5) is 0 Å². The van der Waals surface area contributed by atoms with Crippen LogP contribution in [-0.2, 0) is 17.9 Å². The lowest BCUT2D eigenvalue weighted by molar-refractivity contribution is 0.0358. The highest BCUT2D eigenvalue weighted by Crippen LogP contribution is 2.41. The number of allylic oxidation sites excluding steroid dienone is 3. The van der Waals surface area contributed by atoms with E-state index in [1.807, 2.05) is 44.3 Å². The molecule has 1 fully saturated rings. The minimum atomic E-state index is -0.784. The SMILES string of the molecule is CC(C)(O)C1C=CC2=C(C1)/C(=C/CCN1CC[C@@H](NCc3ccc(Cl)cc3)C1)c1cccnc1CO2. The smallest absolute Gasteiger partial charge is 0.131 e. The Bertz CT molecular complexity index is 1160. The fraction of sp³-hybridized carbons (Fsp3) is 0.433. The van der Waals surface area contributed by atoms with Gasteiger partial charge in [0.15, 0.2) is 0 Å². The summed E-state index contributed by atoms with van der Waals surface area (Å²) in [5, 5.41) is 15.2. The molecule has 1 saturated heterocycles. The predicted molar refractivity (Wildman–Crippen MR) is 145 cm³/mol. The number of ether oxygens (including phenoxy) is 1. The van der Waals surface area contributed by atoms with Gasteiger partial charge in [-0.3, -0.25) is 4.98 Å². The van der Waals surface area contributed by atoms with Crippen LogP contribution in [-0.4, -0.2) is 46.3 Å². The molecule has 0 amide bonds. The van der Waals surface area contributed by atoms with Gasteiger partial charge in [-0.25, -0.2) is 0 Å². The van der Waals surface area contributed by atoms with Gasteiger partial charge in [-0.2, -0.15) is 0 Å². The number of nitrogens with zero attached hydrogens (tertiary/aromatic N) is 2. The van der Waals surface area contributed by atoms with Crippen molar-refractivity contribution in [2.24, 2.45) is 5.92 Å². The van der Waals surface area contributed by atoms with E-state index < -0.39 is 5.60 Å². The molecule has 0 saturated carbocycles. The predicted octanol–water partition coefficient (Wildman–Crippen LogP) is 5.50. The van der Waals surface area contributed by atoms with Crippen molar-refractivity contribution in [1.29, 1.82) is 0 Å². The van der Waals surface area contributed by atoms with Crippen molar-refractivity contribution in [2.75, 3.05) is 19.6 Å². The van der Waals surface area contributed by atoms with E-state index in [2.05, 4.69) is 45.6 Å². The zero-order chi connectivity index (χ0) is 25.1. The summed E-state index contributed by atoms with van der Waals surface area (Å²) in [7, 11) is 0. The second-order valence-corrected chi connectivity index (χ2v) is 11.1. The number of likely N-dealkylation sites (tertiary alicyclic amines) is 1. The summed E-state index contributed by atoms with van der Waals surface area (Å²) < 4.78 is 6.17. The van der Waals surface area contributed by atoms with Gasteiger partial charge < -0.3 is 20.1 Å². The van der Waals surface area contributed by atoms with E-state index in [4.69, 9.17) is 16.3 Å². The summed E-state index contributed by atoms with van der Waals surface area (Å²) >= 11 is 6.01. The van der Waals surface area contributed by atoms with E-state index in [9.17, 15) is 5.11 Å². The zero-order valence-corrected chi connectivity index (χ0v) is 22.0. The molecule has 1 unspecified atom stereocenters. The minimum absolute atomic E-state index is 0.0486. The van der Waals surface area contributed by atoms with Crippen molar-refractivity contribution in [3.63, 3.8) is 0 Å². The molecule has 5 rings (SSSR count). The van der Waals surface area contributed by atoms with Crippen molar-refractivity contribution in [3.05, 3.63) is 94.0 Å². The maximum atomic E-state index is 10.7. The highest BCUT2D eigenvalue weighted by Gasteiger charge is 2.32. The zero-order valence-electron chi connectivity index (χ0n) is 21.2. The molecule has 190 valence electrons. The first-order chi connectivity index (χ1) is 17.4. The number of hydrogen-bond donors (Lipinski definition) is 2. The van der Waals surface area contributed by atoms with E-state index >= 15 is 0 Å². The monoisotopic (exact) mass is 505 g/mol. The minimum Gasteiger partial charge on any atom is -0.487 e. The van der Waals surface area contributed by atoms with Crippen LogP contribution in [0.15, 0.2) is 72.2 Å². The number of fused-ring (bicyclic) bond motifs is 1. The first kappa shape index (κ1) is 25.2. The third kappa shape index (κ3) is 5.92. The topological polar surface area (TPSA) is 57.6 Å². The lowest BCUT2D eigenvalue weighted by Gasteiger charge is -2.31. The molecule has 1 aromatic carbocycles. The van der Waals surface area contributed by atoms with E-state index in [0.717, 1.165) is 67.5 Å². The molecule has 2 aromatic rings. The van der Waals surface area contributed by atoms with Crippen molar-refractivity contribution < 1.29 is 9.84 Å². The van der Waals surface area contributed by atoms with Gasteiger partial charge in [0.1, 0.15) is 12.4 Å². The van der Waals surface area contributed by atoms with E-state index in [1.54, 1.807) is 0 Å². The number of pyridine rings is 1. The Morgan fingerprint density at radius 2 is 2.08 bits per heavy atom. The van der Waals surface area contributed by atoms with Crippen molar-refractivity contribution in [2.45, 2.75) is 57.9 Å². The van der Waals surface area contributed by atoms with Crippen molar-refractivity contribution >= 4 is 17.2 Å². The number of aromatic nitrogens is 1. The van der Waals surface area contributed by atoms with Gasteiger partial charge in [-0.1, -0.05) is 42.0 Å². The molecular weight excluding hydrogens is 470 g/mol. The maximum Gasteiger partial charge on any atom is 0.131 e. The highest BCUT2D eigenvalue weighted by atomic mass is 35.5. The summed E-state index contributed by atoms with van der Waals surface area (Å²) in [5.41, 5.74) is 4.99. The lowest BCUT2D eigenvalue weighted by Crippen LogP contribution is -2.32. The fourth-order valence-electron chi connectivity index (χ4n) is 5.35. The van der Waals surface area contributed by atoms with Crippen LogP contribution in [0.2, 0.25) is 5.02 Å². The Hall–Kier alpha value is -2.44. The van der Waals surface area contributed by atoms with Gasteiger partial charge in [0.2, 0.25) is 0 Å². The molecular formula is C30H36ClN3O2. The fourth-order valence-corrected chi connectivity index (χ4v) is 5.48. The van der Waals surface area contributed by atoms with Crippen LogP contribution in [0.1, 0.15) is 49.9 Å². The van der Waals surface area contributed by atoms with Crippen molar-refractivity contribution in [1.82, 2.24) is 15.2 Å². The number of halogens is 1. The Morgan fingerprint density at radius 1 is 1.25 bits per heavy atom. The molecule has 1 aliphatic carbocycles. The summed E-state index contributed by atoms with van der Waals surface area (Å²) in [4.78, 5) is 7.15. The first-order valence-electron chi connectivity index (χ1n) is 13.0. The average molecular weight is 506 g/mol. The summed E-state index contributed by atoms with van der Waals surface area (Å²) in [6.07, 6.45) is 11.2. The quantitative estimate of drug-likeness (QED) is 0.520. The molecule has 6 heteroatoms. The Morgan fingerprint density at radius 3 is 2.89 bits per heavy atom. The van der Waals surface area contributed by atoms with Gasteiger partial charge >= 0.3 is 0 Å². The van der Waals surface area contributed by atoms with Crippen LogP contribution in [0.3, 0.4) is 0 Å². The number of aliphatic hydroxyl groups is 1. The number of hydrogen-bond acceptors (Lipinski definition) is 5. The average Bonchev–Trinajstić information content (AvgIpc) is 3.26. The van der Waals surface area contributed by atoms with Crippen LogP contribution < -0.4 is 5.32 Å². The van der Waals surface area contributed by atoms with Crippen LogP contribution in [0.5, 0.6) is 0 Å². The van der Waals surface area contributed by atoms with Gasteiger partial charge in [0, 0.05) is 54.0 Å². The number of benzene rings is 1. The standard InChI is InChI=1S/C30H36ClN3O2/c1-30(2,35)22-9-12-29-27(17-22)25(26-5-3-14-32-28(26)20-36-29)6-4-15-34-16-13-24(19-34)33-18-21-7-10-23(31)11-8-21/h3,5-12,14,22,24,33,35H,4,13,15-20H2,1-2H3/b25-6+/t22?,24-/m1/s1. The molecule has 5 nitrogen and oxygen atoms in total. The Labute approximate surface area is 219 Å². The van der Waals surface area contributed by atoms with Crippen LogP contribution >= 0.6 is 11.6 Å². The second kappa shape index (κ2) is 10.9. The lowest BCUT2D eigenvalue weighted by atomic mass is 9.78. The molecule has 2 atom stereocenters. The van der Waals surface area contributed by atoms with Gasteiger partial charge in [-0.15, -0.1) is 0 Å². The second-order valence-electron chi connectivity index (χ2n) is 10.7. The van der Waals surface area contributed by atoms with Gasteiger partial charge in [0.05, 0.1) is 11.3 Å². The molecule has 0 spiro atoms. The molecule has 0 bridgehead atoms. The third-order valence-electron chi connectivity index (χ3n) is 7.55. The normalized spacial score (nSPS) is 23.4. The summed E-state index contributed by atoms with van der Waals surface area (Å²) in [6, 6.07) is 12.7. The Kier molecular flexibility index (Phi) is 7.63. The maximum absolute atomic E-state index is 10.7. The van der Waals surface area contributed by atoms with E-state index in [-0.39, 0.29) is 5.92 Å². The highest BCUT2D eigenvalue weighted by molar-refractivity contribution is 6.30. The van der Waals surface area contributed by atoms with E-state index in [1.165, 1.54) is 16.7 Å². The largest absolute Gasteiger partial charge is 0.487 e. The number of rotatable bonds is 7. The molecule has 0 radical (unpaired) electrons. The van der Waals surface area contributed by atoms with Crippen molar-refractivity contribution in [3.8, 4) is 0 Å². The van der Waals surface area contributed by atoms with Gasteiger partial charge in [-0.05, 0) is 75.1 Å². The molecule has 2 N–H and O–H groups in total. The molecule has 2 aliphatic heterocycles.